The average molecular weight is 327 g/mol. The molecule has 0 fully saturated rings. The smallest absolute Gasteiger partial charge is 0.339 e. The number of benzene rings is 1. The zero-order chi connectivity index (χ0) is 17.3. The molecular formula is C18H17NO5. The summed E-state index contributed by atoms with van der Waals surface area (Å²) in [4.78, 5) is 23.3. The summed E-state index contributed by atoms with van der Waals surface area (Å²) in [6.07, 6.45) is 0. The summed E-state index contributed by atoms with van der Waals surface area (Å²) in [6.45, 7) is 3.45. The molecule has 2 heterocycles. The van der Waals surface area contributed by atoms with Gasteiger partial charge in [0, 0.05) is 5.39 Å². The maximum absolute atomic E-state index is 12.3. The van der Waals surface area contributed by atoms with Crippen LogP contribution in [0.25, 0.3) is 11.0 Å². The van der Waals surface area contributed by atoms with Gasteiger partial charge in [-0.3, -0.25) is 4.79 Å². The van der Waals surface area contributed by atoms with Gasteiger partial charge in [-0.25, -0.2) is 4.79 Å². The van der Waals surface area contributed by atoms with Gasteiger partial charge in [-0.2, -0.15) is 0 Å². The molecule has 3 aromatic rings. The predicted molar refractivity (Wildman–Crippen MR) is 86.9 cm³/mol. The number of hydrogen-bond donors (Lipinski definition) is 2. The molecule has 0 saturated carbocycles. The highest BCUT2D eigenvalue weighted by Crippen LogP contribution is 2.25. The second kappa shape index (κ2) is 6.23. The number of rotatable bonds is 5. The molecule has 1 atom stereocenters. The topological polar surface area (TPSA) is 92.7 Å². The van der Waals surface area contributed by atoms with Crippen LogP contribution in [0.4, 0.5) is 0 Å². The van der Waals surface area contributed by atoms with E-state index in [2.05, 4.69) is 5.32 Å². The minimum Gasteiger partial charge on any atom is -0.478 e. The Morgan fingerprint density at radius 2 is 1.96 bits per heavy atom. The molecular weight excluding hydrogens is 310 g/mol. The summed E-state index contributed by atoms with van der Waals surface area (Å²) in [5.41, 5.74) is 0.837. The van der Waals surface area contributed by atoms with E-state index >= 15 is 0 Å². The van der Waals surface area contributed by atoms with Crippen molar-refractivity contribution in [3.05, 3.63) is 59.2 Å². The Labute approximate surface area is 138 Å². The molecule has 24 heavy (non-hydrogen) atoms. The van der Waals surface area contributed by atoms with Gasteiger partial charge in [0.05, 0.1) is 12.5 Å². The van der Waals surface area contributed by atoms with Crippen molar-refractivity contribution >= 4 is 22.8 Å². The molecule has 0 unspecified atom stereocenters. The van der Waals surface area contributed by atoms with Crippen LogP contribution in [-0.4, -0.2) is 17.0 Å². The number of amides is 1. The lowest BCUT2D eigenvalue weighted by molar-refractivity contribution is -0.122. The van der Waals surface area contributed by atoms with Gasteiger partial charge in [0.1, 0.15) is 28.4 Å². The van der Waals surface area contributed by atoms with Gasteiger partial charge in [0.25, 0.3) is 0 Å². The van der Waals surface area contributed by atoms with E-state index in [1.165, 1.54) is 6.07 Å². The highest BCUT2D eigenvalue weighted by atomic mass is 16.4. The van der Waals surface area contributed by atoms with Crippen molar-refractivity contribution < 1.29 is 23.5 Å². The van der Waals surface area contributed by atoms with Gasteiger partial charge in [-0.15, -0.1) is 0 Å². The number of aryl methyl sites for hydroxylation is 1. The molecule has 0 aliphatic heterocycles. The van der Waals surface area contributed by atoms with E-state index in [4.69, 9.17) is 13.9 Å². The predicted octanol–water partition coefficient (Wildman–Crippen LogP) is 3.45. The number of para-hydroxylation sites is 1. The summed E-state index contributed by atoms with van der Waals surface area (Å²) < 4.78 is 11.0. The third kappa shape index (κ3) is 3.03. The quantitative estimate of drug-likeness (QED) is 0.748. The fraction of sp³-hybridized carbons (Fsp3) is 0.222. The number of carbonyl (C=O) groups excluding carboxylic acids is 1. The Hall–Kier alpha value is -3.02. The Morgan fingerprint density at radius 1 is 1.21 bits per heavy atom. The van der Waals surface area contributed by atoms with Crippen LogP contribution in [0.5, 0.6) is 0 Å². The summed E-state index contributed by atoms with van der Waals surface area (Å²) in [5, 5.41) is 12.7. The molecule has 1 amide bonds. The van der Waals surface area contributed by atoms with Crippen molar-refractivity contribution in [2.75, 3.05) is 0 Å². The van der Waals surface area contributed by atoms with E-state index in [1.807, 2.05) is 30.3 Å². The second-order valence-electron chi connectivity index (χ2n) is 5.61. The first-order chi connectivity index (χ1) is 11.5. The fourth-order valence-corrected chi connectivity index (χ4v) is 2.52. The Balaban J connectivity index is 1.68. The molecule has 2 N–H and O–H groups in total. The normalized spacial score (nSPS) is 12.2. The Kier molecular flexibility index (Phi) is 4.12. The van der Waals surface area contributed by atoms with E-state index in [-0.39, 0.29) is 18.0 Å². The Bertz CT molecular complexity index is 872. The molecule has 0 radical (unpaired) electrons. The molecule has 0 bridgehead atoms. The van der Waals surface area contributed by atoms with Crippen molar-refractivity contribution in [2.45, 2.75) is 26.3 Å². The van der Waals surface area contributed by atoms with Crippen molar-refractivity contribution in [1.82, 2.24) is 5.32 Å². The van der Waals surface area contributed by atoms with Crippen molar-refractivity contribution in [3.63, 3.8) is 0 Å². The second-order valence-corrected chi connectivity index (χ2v) is 5.61. The first-order valence-electron chi connectivity index (χ1n) is 7.54. The molecule has 0 aliphatic carbocycles. The number of furan rings is 2. The third-order valence-corrected chi connectivity index (χ3v) is 3.90. The lowest BCUT2D eigenvalue weighted by atomic mass is 10.1. The Morgan fingerprint density at radius 3 is 2.62 bits per heavy atom. The van der Waals surface area contributed by atoms with Crippen LogP contribution in [0.2, 0.25) is 0 Å². The number of nitrogens with one attached hydrogen (secondary N) is 1. The zero-order valence-electron chi connectivity index (χ0n) is 13.3. The van der Waals surface area contributed by atoms with Crippen LogP contribution in [-0.2, 0) is 11.3 Å². The van der Waals surface area contributed by atoms with Crippen molar-refractivity contribution in [1.29, 1.82) is 0 Å². The fourth-order valence-electron chi connectivity index (χ4n) is 2.52. The molecule has 6 heteroatoms. The monoisotopic (exact) mass is 327 g/mol. The molecule has 1 aromatic carbocycles. The van der Waals surface area contributed by atoms with Gasteiger partial charge >= 0.3 is 5.97 Å². The molecule has 0 aliphatic rings. The number of aromatic carboxylic acids is 1. The standard InChI is InChI=1S/C18H17NO5/c1-10(16-7-12-5-3-4-6-15(12)24-16)17(20)19-9-13-8-14(18(21)22)11(2)23-13/h3-8,10H,9H2,1-2H3,(H,19,20)(H,21,22)/t10-/m1/s1. The highest BCUT2D eigenvalue weighted by molar-refractivity contribution is 5.89. The van der Waals surface area contributed by atoms with Crippen molar-refractivity contribution in [2.24, 2.45) is 0 Å². The molecule has 6 nitrogen and oxygen atoms in total. The first kappa shape index (κ1) is 15.9. The van der Waals surface area contributed by atoms with Gasteiger partial charge in [0.2, 0.25) is 5.91 Å². The zero-order valence-corrected chi connectivity index (χ0v) is 13.3. The molecule has 0 spiro atoms. The molecule has 124 valence electrons. The number of hydrogen-bond acceptors (Lipinski definition) is 4. The summed E-state index contributed by atoms with van der Waals surface area (Å²) in [5.74, 6) is -0.445. The van der Waals surface area contributed by atoms with Crippen LogP contribution < -0.4 is 5.32 Å². The van der Waals surface area contributed by atoms with Gasteiger partial charge in [0.15, 0.2) is 0 Å². The largest absolute Gasteiger partial charge is 0.478 e. The highest BCUT2D eigenvalue weighted by Gasteiger charge is 2.20. The van der Waals surface area contributed by atoms with Crippen LogP contribution in [0, 0.1) is 6.92 Å². The average Bonchev–Trinajstić information content (AvgIpc) is 3.15. The van der Waals surface area contributed by atoms with E-state index in [0.717, 1.165) is 11.0 Å². The van der Waals surface area contributed by atoms with E-state index in [9.17, 15) is 9.59 Å². The summed E-state index contributed by atoms with van der Waals surface area (Å²) in [7, 11) is 0. The lowest BCUT2D eigenvalue weighted by Gasteiger charge is -2.08. The van der Waals surface area contributed by atoms with Crippen LogP contribution >= 0.6 is 0 Å². The van der Waals surface area contributed by atoms with E-state index < -0.39 is 11.9 Å². The minimum absolute atomic E-state index is 0.101. The number of carbonyl (C=O) groups is 2. The van der Waals surface area contributed by atoms with E-state index in [1.54, 1.807) is 13.8 Å². The van der Waals surface area contributed by atoms with Crippen molar-refractivity contribution in [3.8, 4) is 0 Å². The number of fused-ring (bicyclic) bond motifs is 1. The summed E-state index contributed by atoms with van der Waals surface area (Å²) in [6, 6.07) is 10.8. The lowest BCUT2D eigenvalue weighted by Crippen LogP contribution is -2.27. The SMILES string of the molecule is Cc1oc(CNC(=O)[C@H](C)c2cc3ccccc3o2)cc1C(=O)O. The van der Waals surface area contributed by atoms with Crippen LogP contribution in [0.3, 0.4) is 0 Å². The number of carboxylic acid groups (broad SMARTS) is 1. The maximum Gasteiger partial charge on any atom is 0.339 e. The van der Waals surface area contributed by atoms with Gasteiger partial charge < -0.3 is 19.3 Å². The first-order valence-corrected chi connectivity index (χ1v) is 7.54. The maximum atomic E-state index is 12.3. The van der Waals surface area contributed by atoms with Crippen LogP contribution in [0.15, 0.2) is 45.2 Å². The van der Waals surface area contributed by atoms with Crippen LogP contribution in [0.1, 0.15) is 40.5 Å². The van der Waals surface area contributed by atoms with Gasteiger partial charge in [-0.1, -0.05) is 18.2 Å². The molecule has 0 saturated heterocycles. The minimum atomic E-state index is -1.05. The molecule has 2 aromatic heterocycles. The van der Waals surface area contributed by atoms with E-state index in [0.29, 0.717) is 17.3 Å². The van der Waals surface area contributed by atoms with Gasteiger partial charge in [-0.05, 0) is 32.0 Å². The third-order valence-electron chi connectivity index (χ3n) is 3.90. The number of carboxylic acids is 1. The summed E-state index contributed by atoms with van der Waals surface area (Å²) >= 11 is 0. The molecule has 3 rings (SSSR count).